The third kappa shape index (κ3) is 2.66. The van der Waals surface area contributed by atoms with Crippen molar-refractivity contribution < 1.29 is 0 Å². The van der Waals surface area contributed by atoms with Crippen LogP contribution < -0.4 is 5.73 Å². The van der Waals surface area contributed by atoms with Gasteiger partial charge in [-0.1, -0.05) is 24.3 Å². The van der Waals surface area contributed by atoms with Crippen LogP contribution in [0.15, 0.2) is 35.7 Å². The van der Waals surface area contributed by atoms with Gasteiger partial charge < -0.3 is 5.73 Å². The first-order chi connectivity index (χ1) is 10.3. The first-order valence-corrected chi connectivity index (χ1v) is 8.82. The van der Waals surface area contributed by atoms with Gasteiger partial charge in [0.25, 0.3) is 0 Å². The Kier molecular flexibility index (Phi) is 3.57. The van der Waals surface area contributed by atoms with Crippen molar-refractivity contribution in [2.45, 2.75) is 37.8 Å². The van der Waals surface area contributed by atoms with E-state index in [4.69, 9.17) is 5.73 Å². The highest BCUT2D eigenvalue weighted by molar-refractivity contribution is 7.10. The van der Waals surface area contributed by atoms with Crippen LogP contribution in [-0.2, 0) is 13.0 Å². The average molecular weight is 298 g/mol. The summed E-state index contributed by atoms with van der Waals surface area (Å²) in [6, 6.07) is 11.8. The molecule has 1 fully saturated rings. The van der Waals surface area contributed by atoms with Gasteiger partial charge >= 0.3 is 0 Å². The summed E-state index contributed by atoms with van der Waals surface area (Å²) in [4.78, 5) is 4.12. The summed E-state index contributed by atoms with van der Waals surface area (Å²) in [6.45, 7) is 2.88. The summed E-state index contributed by atoms with van der Waals surface area (Å²) >= 11 is 1.90. The molecule has 2 N–H and O–H groups in total. The lowest BCUT2D eigenvalue weighted by Crippen LogP contribution is -2.37. The van der Waals surface area contributed by atoms with Crippen LogP contribution in [0.5, 0.6) is 0 Å². The van der Waals surface area contributed by atoms with Gasteiger partial charge in [0.15, 0.2) is 0 Å². The summed E-state index contributed by atoms with van der Waals surface area (Å²) in [5.41, 5.74) is 10.6. The SMILES string of the molecule is NCC(c1cccc(C2CC2)c1)N1CCc2sccc2C1. The maximum absolute atomic E-state index is 6.13. The Hall–Kier alpha value is -1.16. The largest absolute Gasteiger partial charge is 0.329 e. The van der Waals surface area contributed by atoms with Crippen LogP contribution in [0.3, 0.4) is 0 Å². The molecule has 0 saturated heterocycles. The lowest BCUT2D eigenvalue weighted by Gasteiger charge is -2.34. The highest BCUT2D eigenvalue weighted by Crippen LogP contribution is 2.41. The van der Waals surface area contributed by atoms with E-state index in [-0.39, 0.29) is 0 Å². The molecule has 3 heteroatoms. The van der Waals surface area contributed by atoms with Crippen LogP contribution in [-0.4, -0.2) is 18.0 Å². The molecule has 1 aromatic heterocycles. The number of hydrogen-bond donors (Lipinski definition) is 1. The van der Waals surface area contributed by atoms with E-state index in [1.54, 1.807) is 4.88 Å². The third-order valence-electron chi connectivity index (χ3n) is 4.85. The van der Waals surface area contributed by atoms with Crippen LogP contribution in [0.25, 0.3) is 0 Å². The second kappa shape index (κ2) is 5.56. The van der Waals surface area contributed by atoms with Gasteiger partial charge in [0, 0.05) is 30.6 Å². The molecule has 0 amide bonds. The molecule has 2 aromatic rings. The highest BCUT2D eigenvalue weighted by atomic mass is 32.1. The average Bonchev–Trinajstić information content (AvgIpc) is 3.27. The molecule has 0 radical (unpaired) electrons. The molecular weight excluding hydrogens is 276 g/mol. The maximum Gasteiger partial charge on any atom is 0.0474 e. The number of nitrogens with two attached hydrogens (primary N) is 1. The van der Waals surface area contributed by atoms with Crippen molar-refractivity contribution >= 4 is 11.3 Å². The quantitative estimate of drug-likeness (QED) is 0.933. The number of fused-ring (bicyclic) bond motifs is 1. The first kappa shape index (κ1) is 13.5. The second-order valence-electron chi connectivity index (χ2n) is 6.29. The summed E-state index contributed by atoms with van der Waals surface area (Å²) < 4.78 is 0. The molecule has 1 saturated carbocycles. The van der Waals surface area contributed by atoms with Gasteiger partial charge in [-0.25, -0.2) is 0 Å². The molecule has 2 aliphatic rings. The molecule has 0 spiro atoms. The van der Waals surface area contributed by atoms with Crippen LogP contribution in [0.2, 0.25) is 0 Å². The van der Waals surface area contributed by atoms with Gasteiger partial charge in [0.2, 0.25) is 0 Å². The third-order valence-corrected chi connectivity index (χ3v) is 5.87. The van der Waals surface area contributed by atoms with E-state index in [1.807, 2.05) is 11.3 Å². The van der Waals surface area contributed by atoms with Gasteiger partial charge in [0.05, 0.1) is 0 Å². The van der Waals surface area contributed by atoms with Gasteiger partial charge in [0.1, 0.15) is 0 Å². The predicted molar refractivity (Wildman–Crippen MR) is 88.6 cm³/mol. The molecule has 4 rings (SSSR count). The van der Waals surface area contributed by atoms with E-state index in [0.717, 1.165) is 19.0 Å². The predicted octanol–water partition coefficient (Wildman–Crippen LogP) is 3.68. The molecule has 2 nitrogen and oxygen atoms in total. The summed E-state index contributed by atoms with van der Waals surface area (Å²) in [5.74, 6) is 0.813. The maximum atomic E-state index is 6.13. The Morgan fingerprint density at radius 1 is 1.29 bits per heavy atom. The molecule has 1 unspecified atom stereocenters. The molecular formula is C18H22N2S. The fraction of sp³-hybridized carbons (Fsp3) is 0.444. The van der Waals surface area contributed by atoms with Crippen molar-refractivity contribution in [3.63, 3.8) is 0 Å². The van der Waals surface area contributed by atoms with Crippen molar-refractivity contribution in [2.75, 3.05) is 13.1 Å². The van der Waals surface area contributed by atoms with Gasteiger partial charge in [-0.05, 0) is 53.3 Å². The summed E-state index contributed by atoms with van der Waals surface area (Å²) in [5, 5.41) is 2.22. The topological polar surface area (TPSA) is 29.3 Å². The minimum absolute atomic E-state index is 0.358. The summed E-state index contributed by atoms with van der Waals surface area (Å²) in [6.07, 6.45) is 3.89. The number of thiophene rings is 1. The number of rotatable bonds is 4. The van der Waals surface area contributed by atoms with Crippen molar-refractivity contribution in [1.82, 2.24) is 4.90 Å². The van der Waals surface area contributed by atoms with E-state index < -0.39 is 0 Å². The van der Waals surface area contributed by atoms with Gasteiger partial charge in [-0.2, -0.15) is 0 Å². The van der Waals surface area contributed by atoms with E-state index in [1.165, 1.54) is 36.0 Å². The highest BCUT2D eigenvalue weighted by Gasteiger charge is 2.27. The summed E-state index contributed by atoms with van der Waals surface area (Å²) in [7, 11) is 0. The number of benzene rings is 1. The first-order valence-electron chi connectivity index (χ1n) is 7.94. The van der Waals surface area contributed by atoms with Crippen molar-refractivity contribution in [3.8, 4) is 0 Å². The van der Waals surface area contributed by atoms with Crippen molar-refractivity contribution in [2.24, 2.45) is 5.73 Å². The standard InChI is InChI=1S/C18H22N2S/c19-11-17(15-3-1-2-14(10-15)13-4-5-13)20-8-6-18-16(12-20)7-9-21-18/h1-3,7,9-10,13,17H,4-6,8,11-12,19H2. The fourth-order valence-corrected chi connectivity index (χ4v) is 4.36. The minimum Gasteiger partial charge on any atom is -0.329 e. The van der Waals surface area contributed by atoms with Crippen molar-refractivity contribution in [1.29, 1.82) is 0 Å². The van der Waals surface area contributed by atoms with E-state index in [2.05, 4.69) is 40.6 Å². The smallest absolute Gasteiger partial charge is 0.0474 e. The molecule has 1 aliphatic carbocycles. The molecule has 2 heterocycles. The van der Waals surface area contributed by atoms with E-state index in [9.17, 15) is 0 Å². The Balaban J connectivity index is 1.58. The van der Waals surface area contributed by atoms with Crippen LogP contribution in [0.4, 0.5) is 0 Å². The zero-order valence-electron chi connectivity index (χ0n) is 12.3. The Morgan fingerprint density at radius 3 is 3.00 bits per heavy atom. The van der Waals surface area contributed by atoms with Crippen LogP contribution >= 0.6 is 11.3 Å². The zero-order valence-corrected chi connectivity index (χ0v) is 13.1. The fourth-order valence-electron chi connectivity index (χ4n) is 3.47. The molecule has 21 heavy (non-hydrogen) atoms. The lowest BCUT2D eigenvalue weighted by atomic mass is 9.98. The van der Waals surface area contributed by atoms with Crippen LogP contribution in [0.1, 0.15) is 46.4 Å². The molecule has 1 aromatic carbocycles. The number of nitrogens with zero attached hydrogens (tertiary/aromatic N) is 1. The molecule has 1 atom stereocenters. The van der Waals surface area contributed by atoms with Crippen molar-refractivity contribution in [3.05, 3.63) is 57.3 Å². The Labute approximate surface area is 130 Å². The monoisotopic (exact) mass is 298 g/mol. The molecule has 1 aliphatic heterocycles. The Morgan fingerprint density at radius 2 is 2.19 bits per heavy atom. The van der Waals surface area contributed by atoms with Gasteiger partial charge in [-0.15, -0.1) is 11.3 Å². The van der Waals surface area contributed by atoms with Gasteiger partial charge in [-0.3, -0.25) is 4.90 Å². The number of hydrogen-bond acceptors (Lipinski definition) is 3. The van der Waals surface area contributed by atoms with E-state index in [0.29, 0.717) is 12.6 Å². The second-order valence-corrected chi connectivity index (χ2v) is 7.29. The molecule has 110 valence electrons. The van der Waals surface area contributed by atoms with Crippen LogP contribution in [0, 0.1) is 0 Å². The normalized spacial score (nSPS) is 20.2. The van der Waals surface area contributed by atoms with E-state index >= 15 is 0 Å². The molecule has 0 bridgehead atoms. The Bertz CT molecular complexity index is 630. The minimum atomic E-state index is 0.358. The zero-order chi connectivity index (χ0) is 14.2. The lowest BCUT2D eigenvalue weighted by molar-refractivity contribution is 0.185.